The van der Waals surface area contributed by atoms with Crippen molar-refractivity contribution in [2.45, 2.75) is 39.5 Å². The topological polar surface area (TPSA) is 57.6 Å². The summed E-state index contributed by atoms with van der Waals surface area (Å²) in [6, 6.07) is 6.28. The zero-order valence-electron chi connectivity index (χ0n) is 13.7. The number of likely N-dealkylation sites (tertiary alicyclic amines) is 1. The molecule has 23 heavy (non-hydrogen) atoms. The SMILES string of the molecule is CC(C)(C(=O)O)[C@H]1CCCN(C(=O)CCc2cccc(F)c2)C1. The summed E-state index contributed by atoms with van der Waals surface area (Å²) >= 11 is 0. The predicted octanol–water partition coefficient (Wildman–Crippen LogP) is 3.11. The lowest BCUT2D eigenvalue weighted by Gasteiger charge is -2.39. The summed E-state index contributed by atoms with van der Waals surface area (Å²) in [6.45, 7) is 4.61. The first-order chi connectivity index (χ1) is 10.8. The first kappa shape index (κ1) is 17.4. The molecule has 0 radical (unpaired) electrons. The van der Waals surface area contributed by atoms with E-state index in [1.807, 2.05) is 6.07 Å². The lowest BCUT2D eigenvalue weighted by molar-refractivity contribution is -0.153. The van der Waals surface area contributed by atoms with E-state index in [9.17, 15) is 19.1 Å². The summed E-state index contributed by atoms with van der Waals surface area (Å²) in [4.78, 5) is 25.5. The molecule has 1 aliphatic heterocycles. The highest BCUT2D eigenvalue weighted by molar-refractivity contribution is 5.77. The molecule has 4 nitrogen and oxygen atoms in total. The Morgan fingerprint density at radius 3 is 2.78 bits per heavy atom. The van der Waals surface area contributed by atoms with Gasteiger partial charge in [0.2, 0.25) is 5.91 Å². The van der Waals surface area contributed by atoms with E-state index >= 15 is 0 Å². The van der Waals surface area contributed by atoms with E-state index in [1.54, 1.807) is 24.8 Å². The van der Waals surface area contributed by atoms with Gasteiger partial charge in [0.1, 0.15) is 5.82 Å². The van der Waals surface area contributed by atoms with Crippen LogP contribution in [0.1, 0.15) is 38.7 Å². The molecule has 0 bridgehead atoms. The highest BCUT2D eigenvalue weighted by Gasteiger charge is 2.39. The van der Waals surface area contributed by atoms with Gasteiger partial charge in [0.25, 0.3) is 0 Å². The first-order valence-corrected chi connectivity index (χ1v) is 8.06. The second-order valence-electron chi connectivity index (χ2n) is 6.84. The molecule has 1 saturated heterocycles. The maximum atomic E-state index is 13.2. The van der Waals surface area contributed by atoms with E-state index in [4.69, 9.17) is 0 Å². The zero-order valence-corrected chi connectivity index (χ0v) is 13.7. The second-order valence-corrected chi connectivity index (χ2v) is 6.84. The maximum Gasteiger partial charge on any atom is 0.309 e. The first-order valence-electron chi connectivity index (χ1n) is 8.06. The molecular formula is C18H24FNO3. The Hall–Kier alpha value is -1.91. The molecule has 0 spiro atoms. The molecule has 1 atom stereocenters. The van der Waals surface area contributed by atoms with Crippen LogP contribution in [0.4, 0.5) is 4.39 Å². The van der Waals surface area contributed by atoms with Gasteiger partial charge in [0.15, 0.2) is 0 Å². The lowest BCUT2D eigenvalue weighted by Crippen LogP contribution is -2.46. The normalized spacial score (nSPS) is 18.7. The third-order valence-electron chi connectivity index (χ3n) is 4.86. The Labute approximate surface area is 136 Å². The number of hydrogen-bond acceptors (Lipinski definition) is 2. The van der Waals surface area contributed by atoms with E-state index < -0.39 is 11.4 Å². The van der Waals surface area contributed by atoms with Gasteiger partial charge in [0.05, 0.1) is 5.41 Å². The number of halogens is 1. The number of hydrogen-bond donors (Lipinski definition) is 1. The Kier molecular flexibility index (Phi) is 5.39. The number of nitrogens with zero attached hydrogens (tertiary/aromatic N) is 1. The number of benzene rings is 1. The van der Waals surface area contributed by atoms with Gasteiger partial charge in [-0.2, -0.15) is 0 Å². The molecule has 0 saturated carbocycles. The number of carbonyl (C=O) groups is 2. The summed E-state index contributed by atoms with van der Waals surface area (Å²) in [7, 11) is 0. The third kappa shape index (κ3) is 4.30. The fourth-order valence-corrected chi connectivity index (χ4v) is 3.07. The van der Waals surface area contributed by atoms with Gasteiger partial charge in [-0.3, -0.25) is 9.59 Å². The molecule has 1 amide bonds. The molecule has 126 valence electrons. The van der Waals surface area contributed by atoms with Crippen molar-refractivity contribution in [3.05, 3.63) is 35.6 Å². The second kappa shape index (κ2) is 7.11. The van der Waals surface area contributed by atoms with Crippen molar-refractivity contribution >= 4 is 11.9 Å². The van der Waals surface area contributed by atoms with Gasteiger partial charge in [-0.1, -0.05) is 12.1 Å². The Balaban J connectivity index is 1.93. The van der Waals surface area contributed by atoms with E-state index in [1.165, 1.54) is 12.1 Å². The van der Waals surface area contributed by atoms with Crippen LogP contribution in [0.5, 0.6) is 0 Å². The molecule has 1 aromatic carbocycles. The third-order valence-corrected chi connectivity index (χ3v) is 4.86. The number of carboxylic acid groups (broad SMARTS) is 1. The number of rotatable bonds is 5. The highest BCUT2D eigenvalue weighted by atomic mass is 19.1. The van der Waals surface area contributed by atoms with Crippen molar-refractivity contribution in [3.8, 4) is 0 Å². The van der Waals surface area contributed by atoms with Crippen molar-refractivity contribution in [3.63, 3.8) is 0 Å². The fourth-order valence-electron chi connectivity index (χ4n) is 3.07. The van der Waals surface area contributed by atoms with Gasteiger partial charge in [0, 0.05) is 19.5 Å². The zero-order chi connectivity index (χ0) is 17.0. The Bertz CT molecular complexity index is 585. The summed E-state index contributed by atoms with van der Waals surface area (Å²) in [6.07, 6.45) is 2.48. The van der Waals surface area contributed by atoms with Crippen LogP contribution in [-0.4, -0.2) is 35.0 Å². The smallest absolute Gasteiger partial charge is 0.309 e. The van der Waals surface area contributed by atoms with Crippen LogP contribution < -0.4 is 0 Å². The van der Waals surface area contributed by atoms with Gasteiger partial charge in [-0.15, -0.1) is 0 Å². The highest BCUT2D eigenvalue weighted by Crippen LogP contribution is 2.34. The molecule has 1 heterocycles. The molecule has 1 aromatic rings. The average Bonchev–Trinajstić information content (AvgIpc) is 2.52. The average molecular weight is 321 g/mol. The van der Waals surface area contributed by atoms with Crippen molar-refractivity contribution in [2.75, 3.05) is 13.1 Å². The standard InChI is InChI=1S/C18H24FNO3/c1-18(2,17(22)23)14-6-4-10-20(12-14)16(21)9-8-13-5-3-7-15(19)11-13/h3,5,7,11,14H,4,6,8-10,12H2,1-2H3,(H,22,23)/t14-/m0/s1. The minimum absolute atomic E-state index is 0.0140. The van der Waals surface area contributed by atoms with Crippen LogP contribution in [0, 0.1) is 17.2 Å². The minimum Gasteiger partial charge on any atom is -0.481 e. The van der Waals surface area contributed by atoms with Crippen molar-refractivity contribution in [1.29, 1.82) is 0 Å². The monoisotopic (exact) mass is 321 g/mol. The quantitative estimate of drug-likeness (QED) is 0.906. The molecule has 0 aromatic heterocycles. The summed E-state index contributed by atoms with van der Waals surface area (Å²) < 4.78 is 13.2. The largest absolute Gasteiger partial charge is 0.481 e. The summed E-state index contributed by atoms with van der Waals surface area (Å²) in [5, 5.41) is 9.36. The van der Waals surface area contributed by atoms with Gasteiger partial charge >= 0.3 is 5.97 Å². The van der Waals surface area contributed by atoms with Crippen LogP contribution in [-0.2, 0) is 16.0 Å². The predicted molar refractivity (Wildman–Crippen MR) is 85.4 cm³/mol. The number of piperidine rings is 1. The number of carboxylic acids is 1. The Morgan fingerprint density at radius 1 is 1.39 bits per heavy atom. The maximum absolute atomic E-state index is 13.2. The Morgan fingerprint density at radius 2 is 2.13 bits per heavy atom. The molecule has 0 aliphatic carbocycles. The number of carbonyl (C=O) groups excluding carboxylic acids is 1. The van der Waals surface area contributed by atoms with Crippen molar-refractivity contribution in [2.24, 2.45) is 11.3 Å². The van der Waals surface area contributed by atoms with E-state index in [0.717, 1.165) is 18.4 Å². The molecular weight excluding hydrogens is 297 g/mol. The summed E-state index contributed by atoms with van der Waals surface area (Å²) in [5.74, 6) is -1.14. The fraction of sp³-hybridized carbons (Fsp3) is 0.556. The van der Waals surface area contributed by atoms with E-state index in [2.05, 4.69) is 0 Å². The van der Waals surface area contributed by atoms with Crippen molar-refractivity contribution < 1.29 is 19.1 Å². The molecule has 1 N–H and O–H groups in total. The lowest BCUT2D eigenvalue weighted by atomic mass is 9.74. The number of amides is 1. The van der Waals surface area contributed by atoms with Crippen LogP contribution in [0.3, 0.4) is 0 Å². The molecule has 1 fully saturated rings. The van der Waals surface area contributed by atoms with E-state index in [0.29, 0.717) is 25.9 Å². The van der Waals surface area contributed by atoms with E-state index in [-0.39, 0.29) is 17.6 Å². The van der Waals surface area contributed by atoms with Gasteiger partial charge in [-0.25, -0.2) is 4.39 Å². The van der Waals surface area contributed by atoms with Crippen molar-refractivity contribution in [1.82, 2.24) is 4.90 Å². The van der Waals surface area contributed by atoms with Crippen LogP contribution in [0.2, 0.25) is 0 Å². The van der Waals surface area contributed by atoms with Gasteiger partial charge < -0.3 is 10.0 Å². The molecule has 0 unspecified atom stereocenters. The summed E-state index contributed by atoms with van der Waals surface area (Å²) in [5.41, 5.74) is -0.0283. The minimum atomic E-state index is -0.832. The van der Waals surface area contributed by atoms with Crippen LogP contribution in [0.15, 0.2) is 24.3 Å². The van der Waals surface area contributed by atoms with Crippen LogP contribution >= 0.6 is 0 Å². The number of aryl methyl sites for hydroxylation is 1. The van der Waals surface area contributed by atoms with Gasteiger partial charge in [-0.05, 0) is 56.7 Å². The van der Waals surface area contributed by atoms with Crippen LogP contribution in [0.25, 0.3) is 0 Å². The molecule has 5 heteroatoms. The number of aliphatic carboxylic acids is 1. The molecule has 2 rings (SSSR count). The molecule has 1 aliphatic rings.